The van der Waals surface area contributed by atoms with Gasteiger partial charge in [0.2, 0.25) is 0 Å². The highest BCUT2D eigenvalue weighted by atomic mass is 16.3. The van der Waals surface area contributed by atoms with Crippen molar-refractivity contribution in [2.45, 2.75) is 26.3 Å². The summed E-state index contributed by atoms with van der Waals surface area (Å²) >= 11 is 0. The van der Waals surface area contributed by atoms with Crippen molar-refractivity contribution in [3.8, 4) is 17.1 Å². The van der Waals surface area contributed by atoms with E-state index in [4.69, 9.17) is 4.98 Å². The molecule has 0 spiro atoms. The van der Waals surface area contributed by atoms with Gasteiger partial charge in [-0.2, -0.15) is 0 Å². The van der Waals surface area contributed by atoms with Gasteiger partial charge < -0.3 is 9.67 Å². The lowest BCUT2D eigenvalue weighted by atomic mass is 10.1. The Hall–Kier alpha value is -3.73. The summed E-state index contributed by atoms with van der Waals surface area (Å²) < 4.78 is 2.03. The van der Waals surface area contributed by atoms with Crippen LogP contribution in [0.3, 0.4) is 0 Å². The monoisotopic (exact) mass is 395 g/mol. The number of fused-ring (bicyclic) bond motifs is 3. The maximum atomic E-state index is 11.8. The molecule has 5 rings (SSSR count). The van der Waals surface area contributed by atoms with E-state index >= 15 is 0 Å². The molecule has 0 atom stereocenters. The molecule has 0 aliphatic rings. The van der Waals surface area contributed by atoms with Gasteiger partial charge in [0.25, 0.3) is 0 Å². The lowest BCUT2D eigenvalue weighted by molar-refractivity contribution is 0.483. The Morgan fingerprint density at radius 2 is 1.70 bits per heavy atom. The molecule has 1 N–H and O–H groups in total. The van der Waals surface area contributed by atoms with Gasteiger partial charge in [-0.1, -0.05) is 74.0 Å². The van der Waals surface area contributed by atoms with E-state index < -0.39 is 0 Å². The van der Waals surface area contributed by atoms with Gasteiger partial charge in [0.05, 0.1) is 0 Å². The van der Waals surface area contributed by atoms with Gasteiger partial charge in [-0.3, -0.25) is 0 Å². The second-order valence-electron chi connectivity index (χ2n) is 7.53. The van der Waals surface area contributed by atoms with Gasteiger partial charge in [-0.05, 0) is 28.4 Å². The van der Waals surface area contributed by atoms with Crippen LogP contribution >= 0.6 is 0 Å². The zero-order chi connectivity index (χ0) is 20.7. The fraction of sp³-hybridized carbons (Fsp3) is 0.160. The first-order valence-electron chi connectivity index (χ1n) is 10.2. The van der Waals surface area contributed by atoms with Gasteiger partial charge in [-0.25, -0.2) is 4.98 Å². The molecule has 0 aliphatic carbocycles. The van der Waals surface area contributed by atoms with Crippen molar-refractivity contribution in [1.29, 1.82) is 0 Å². The molecule has 4 aromatic carbocycles. The van der Waals surface area contributed by atoms with Crippen LogP contribution < -0.4 is 0 Å². The molecule has 5 heteroatoms. The van der Waals surface area contributed by atoms with E-state index in [1.807, 2.05) is 41.0 Å². The lowest BCUT2D eigenvalue weighted by Crippen LogP contribution is -2.01. The zero-order valence-corrected chi connectivity index (χ0v) is 16.7. The number of aryl methyl sites for hydroxylation is 1. The molecule has 5 nitrogen and oxygen atoms in total. The topological polar surface area (TPSA) is 67.5 Å². The van der Waals surface area contributed by atoms with Crippen LogP contribution in [0.4, 0.5) is 5.69 Å². The minimum Gasteiger partial charge on any atom is -0.505 e. The first-order chi connectivity index (χ1) is 14.7. The molecule has 1 aromatic heterocycles. The number of phenolic OH excluding ortho intramolecular Hbond substituents is 1. The average molecular weight is 395 g/mol. The van der Waals surface area contributed by atoms with Crippen molar-refractivity contribution in [1.82, 2.24) is 9.55 Å². The molecule has 0 unspecified atom stereocenters. The van der Waals surface area contributed by atoms with Gasteiger partial charge in [0.15, 0.2) is 0 Å². The van der Waals surface area contributed by atoms with Gasteiger partial charge in [-0.15, -0.1) is 4.91 Å². The van der Waals surface area contributed by atoms with Crippen molar-refractivity contribution < 1.29 is 5.11 Å². The molecule has 148 valence electrons. The summed E-state index contributed by atoms with van der Waals surface area (Å²) in [6.45, 7) is 2.82. The quantitative estimate of drug-likeness (QED) is 0.329. The predicted octanol–water partition coefficient (Wildman–Crippen LogP) is 6.91. The zero-order valence-electron chi connectivity index (χ0n) is 16.7. The molecule has 0 saturated carbocycles. The van der Waals surface area contributed by atoms with Crippen LogP contribution in [0.1, 0.15) is 19.8 Å². The fourth-order valence-corrected chi connectivity index (χ4v) is 4.18. The Morgan fingerprint density at radius 1 is 0.967 bits per heavy atom. The summed E-state index contributed by atoms with van der Waals surface area (Å²) in [5.74, 6) is 0.878. The Kier molecular flexibility index (Phi) is 4.43. The fourth-order valence-electron chi connectivity index (χ4n) is 4.18. The normalized spacial score (nSPS) is 11.5. The SMILES string of the molecule is CCCCn1c(-c2ccc3ccccc3c2)nc2c(N=O)c3ccccc3c(O)c21. The molecule has 1 heterocycles. The van der Waals surface area contributed by atoms with Gasteiger partial charge in [0.1, 0.15) is 28.3 Å². The Balaban J connectivity index is 1.88. The molecule has 0 amide bonds. The number of imidazole rings is 1. The van der Waals surface area contributed by atoms with Crippen LogP contribution in [0.2, 0.25) is 0 Å². The third kappa shape index (κ3) is 2.74. The Morgan fingerprint density at radius 3 is 2.47 bits per heavy atom. The molecule has 0 aliphatic heterocycles. The van der Waals surface area contributed by atoms with E-state index in [0.29, 0.717) is 28.4 Å². The standard InChI is InChI=1S/C25H21N3O2/c1-2-3-14-28-23-22(21(27-30)19-10-6-7-11-20(19)24(23)29)26-25(28)18-13-12-16-8-4-5-9-17(16)15-18/h4-13,15,29H,2-3,14H2,1H3. The van der Waals surface area contributed by atoms with Crippen molar-refractivity contribution in [3.63, 3.8) is 0 Å². The Bertz CT molecular complexity index is 1420. The summed E-state index contributed by atoms with van der Waals surface area (Å²) in [5, 5.41) is 17.9. The van der Waals surface area contributed by atoms with E-state index in [2.05, 4.69) is 36.4 Å². The van der Waals surface area contributed by atoms with Crippen molar-refractivity contribution in [2.75, 3.05) is 0 Å². The first-order valence-corrected chi connectivity index (χ1v) is 10.2. The average Bonchev–Trinajstić information content (AvgIpc) is 3.17. The number of hydrogen-bond donors (Lipinski definition) is 1. The van der Waals surface area contributed by atoms with Crippen LogP contribution in [0.25, 0.3) is 44.0 Å². The molecular formula is C25H21N3O2. The maximum Gasteiger partial charge on any atom is 0.149 e. The van der Waals surface area contributed by atoms with E-state index in [1.54, 1.807) is 6.07 Å². The molecule has 0 fully saturated rings. The number of benzene rings is 4. The molecule has 5 aromatic rings. The van der Waals surface area contributed by atoms with Crippen LogP contribution in [-0.4, -0.2) is 14.7 Å². The third-order valence-corrected chi connectivity index (χ3v) is 5.69. The third-order valence-electron chi connectivity index (χ3n) is 5.69. The molecule has 30 heavy (non-hydrogen) atoms. The van der Waals surface area contributed by atoms with Gasteiger partial charge in [0, 0.05) is 22.9 Å². The number of nitroso groups, excluding NO2 is 1. The van der Waals surface area contributed by atoms with E-state index in [-0.39, 0.29) is 11.4 Å². The number of rotatable bonds is 5. The van der Waals surface area contributed by atoms with Crippen molar-refractivity contribution in [2.24, 2.45) is 5.18 Å². The highest BCUT2D eigenvalue weighted by Gasteiger charge is 2.22. The number of aromatic nitrogens is 2. The molecule has 0 radical (unpaired) electrons. The Labute approximate surface area is 173 Å². The van der Waals surface area contributed by atoms with Gasteiger partial charge >= 0.3 is 0 Å². The van der Waals surface area contributed by atoms with E-state index in [9.17, 15) is 10.0 Å². The summed E-state index contributed by atoms with van der Waals surface area (Å²) in [4.78, 5) is 16.6. The summed E-state index contributed by atoms with van der Waals surface area (Å²) in [7, 11) is 0. The number of aromatic hydroxyl groups is 1. The second-order valence-corrected chi connectivity index (χ2v) is 7.53. The summed E-state index contributed by atoms with van der Waals surface area (Å²) in [5.41, 5.74) is 2.23. The molecule has 0 bridgehead atoms. The molecular weight excluding hydrogens is 374 g/mol. The first kappa shape index (κ1) is 18.3. The largest absolute Gasteiger partial charge is 0.505 e. The smallest absolute Gasteiger partial charge is 0.149 e. The van der Waals surface area contributed by atoms with Crippen LogP contribution in [-0.2, 0) is 6.54 Å². The second kappa shape index (κ2) is 7.26. The molecule has 0 saturated heterocycles. The number of hydrogen-bond acceptors (Lipinski definition) is 4. The lowest BCUT2D eigenvalue weighted by Gasteiger charge is -2.11. The van der Waals surface area contributed by atoms with E-state index in [1.165, 1.54) is 0 Å². The van der Waals surface area contributed by atoms with Crippen LogP contribution in [0.15, 0.2) is 71.9 Å². The minimum atomic E-state index is 0.142. The summed E-state index contributed by atoms with van der Waals surface area (Å²) in [6, 6.07) is 21.7. The maximum absolute atomic E-state index is 11.8. The number of nitrogens with zero attached hydrogens (tertiary/aromatic N) is 3. The van der Waals surface area contributed by atoms with Crippen molar-refractivity contribution >= 4 is 38.3 Å². The number of phenols is 1. The summed E-state index contributed by atoms with van der Waals surface area (Å²) in [6.07, 6.45) is 1.94. The minimum absolute atomic E-state index is 0.142. The number of unbranched alkanes of at least 4 members (excludes halogenated alkanes) is 1. The highest BCUT2D eigenvalue weighted by molar-refractivity contribution is 6.13. The van der Waals surface area contributed by atoms with Crippen LogP contribution in [0, 0.1) is 4.91 Å². The van der Waals surface area contributed by atoms with Crippen molar-refractivity contribution in [3.05, 3.63) is 71.6 Å². The van der Waals surface area contributed by atoms with Crippen LogP contribution in [0.5, 0.6) is 5.75 Å². The van der Waals surface area contributed by atoms with E-state index in [0.717, 1.165) is 35.0 Å². The predicted molar refractivity (Wildman–Crippen MR) is 122 cm³/mol. The highest BCUT2D eigenvalue weighted by Crippen LogP contribution is 2.43.